The van der Waals surface area contributed by atoms with Gasteiger partial charge in [-0.15, -0.1) is 11.3 Å². The van der Waals surface area contributed by atoms with Crippen LogP contribution in [0, 0.1) is 0 Å². The molecule has 3 amide bonds. The molecule has 0 radical (unpaired) electrons. The first-order chi connectivity index (χ1) is 18.7. The zero-order valence-corrected chi connectivity index (χ0v) is 24.9. The molecule has 0 unspecified atom stereocenters. The molecule has 1 fully saturated rings. The molecule has 0 aliphatic carbocycles. The molecule has 3 aromatic rings. The van der Waals surface area contributed by atoms with Crippen LogP contribution in [0.25, 0.3) is 11.0 Å². The summed E-state index contributed by atoms with van der Waals surface area (Å²) in [5, 5.41) is 6.14. The molecule has 1 aromatic carbocycles. The second-order valence-electron chi connectivity index (χ2n) is 9.46. The minimum atomic E-state index is -0.374. The quantitative estimate of drug-likeness (QED) is 0.317. The fraction of sp³-hybridized carbons (Fsp3) is 0.333. The zero-order valence-electron chi connectivity index (χ0n) is 21.7. The second kappa shape index (κ2) is 12.9. The highest BCUT2D eigenvalue weighted by molar-refractivity contribution is 9.11. The average Bonchev–Trinajstić information content (AvgIpc) is 3.34. The lowest BCUT2D eigenvalue weighted by molar-refractivity contribution is -0.126. The lowest BCUT2D eigenvalue weighted by Crippen LogP contribution is -2.34. The molecule has 0 bridgehead atoms. The maximum atomic E-state index is 13.3. The number of para-hydroxylation sites is 1. The lowest BCUT2D eigenvalue weighted by atomic mass is 10.1. The van der Waals surface area contributed by atoms with Crippen molar-refractivity contribution in [1.29, 1.82) is 0 Å². The topological polar surface area (TPSA) is 99.6 Å². The number of thiophene rings is 1. The number of fused-ring (bicyclic) bond motifs is 1. The lowest BCUT2D eigenvalue weighted by Gasteiger charge is -2.26. The van der Waals surface area contributed by atoms with E-state index in [0.717, 1.165) is 25.3 Å². The van der Waals surface area contributed by atoms with Gasteiger partial charge in [0.15, 0.2) is 0 Å². The van der Waals surface area contributed by atoms with Gasteiger partial charge < -0.3 is 19.7 Å². The van der Waals surface area contributed by atoms with E-state index in [-0.39, 0.29) is 23.8 Å². The molecule has 9 nitrogen and oxygen atoms in total. The summed E-state index contributed by atoms with van der Waals surface area (Å²) in [4.78, 5) is 47.0. The minimum Gasteiger partial charge on any atom is -0.337 e. The Morgan fingerprint density at radius 1 is 1.28 bits per heavy atom. The fourth-order valence-electron chi connectivity index (χ4n) is 4.46. The molecule has 0 saturated carbocycles. The predicted octanol–water partition coefficient (Wildman–Crippen LogP) is 5.56. The molecular weight excluding hydrogens is 604 g/mol. The highest BCUT2D eigenvalue weighted by Gasteiger charge is 2.28. The van der Waals surface area contributed by atoms with Gasteiger partial charge in [0.2, 0.25) is 17.8 Å². The number of nitrogens with zero attached hydrogens (tertiary/aromatic N) is 4. The second-order valence-corrected chi connectivity index (χ2v) is 12.2. The summed E-state index contributed by atoms with van der Waals surface area (Å²) in [5.41, 5.74) is 1.84. The molecule has 206 valence electrons. The molecule has 4 rings (SSSR count). The normalized spacial score (nSPS) is 16.0. The van der Waals surface area contributed by atoms with E-state index in [1.807, 2.05) is 46.7 Å². The van der Waals surface area contributed by atoms with E-state index in [1.54, 1.807) is 18.2 Å². The summed E-state index contributed by atoms with van der Waals surface area (Å²) in [6, 6.07) is 6.91. The average molecular weight is 634 g/mol. The third-order valence-corrected chi connectivity index (χ3v) is 8.43. The van der Waals surface area contributed by atoms with Crippen LogP contribution in [-0.2, 0) is 9.59 Å². The number of nitrogens with one attached hydrogen (secondary N) is 2. The summed E-state index contributed by atoms with van der Waals surface area (Å²) >= 11 is 11.2. The number of rotatable bonds is 8. The number of imidazole rings is 1. The van der Waals surface area contributed by atoms with Gasteiger partial charge in [-0.25, -0.2) is 4.98 Å². The van der Waals surface area contributed by atoms with Crippen molar-refractivity contribution in [3.63, 3.8) is 0 Å². The van der Waals surface area contributed by atoms with Crippen LogP contribution in [-0.4, -0.2) is 70.8 Å². The monoisotopic (exact) mass is 632 g/mol. The van der Waals surface area contributed by atoms with E-state index < -0.39 is 0 Å². The number of carbonyl (C=O) groups excluding carboxylic acids is 3. The third-order valence-electron chi connectivity index (χ3n) is 6.29. The molecule has 2 N–H and O–H groups in total. The molecule has 12 heteroatoms. The summed E-state index contributed by atoms with van der Waals surface area (Å²) in [5.74, 6) is -0.435. The first kappa shape index (κ1) is 29.0. The first-order valence-corrected chi connectivity index (χ1v) is 14.5. The Balaban J connectivity index is 1.65. The molecule has 39 heavy (non-hydrogen) atoms. The van der Waals surface area contributed by atoms with Crippen LogP contribution in [0.5, 0.6) is 0 Å². The van der Waals surface area contributed by atoms with Gasteiger partial charge in [0.25, 0.3) is 5.91 Å². The van der Waals surface area contributed by atoms with Crippen LogP contribution in [0.4, 0.5) is 11.6 Å². The fourth-order valence-corrected chi connectivity index (χ4v) is 6.19. The first-order valence-electron chi connectivity index (χ1n) is 12.5. The van der Waals surface area contributed by atoms with Crippen molar-refractivity contribution in [1.82, 2.24) is 19.4 Å². The Morgan fingerprint density at radius 2 is 2.08 bits per heavy atom. The number of amides is 3. The Hall–Kier alpha value is -2.99. The zero-order chi connectivity index (χ0) is 28.1. The molecular formula is C27H30BrClN6O3S. The molecule has 1 atom stereocenters. The van der Waals surface area contributed by atoms with Gasteiger partial charge in [-0.3, -0.25) is 19.7 Å². The van der Waals surface area contributed by atoms with Gasteiger partial charge in [-0.05, 0) is 73.6 Å². The Bertz CT molecular complexity index is 1430. The molecule has 1 aliphatic rings. The van der Waals surface area contributed by atoms with Crippen molar-refractivity contribution in [2.24, 2.45) is 0 Å². The van der Waals surface area contributed by atoms with Crippen molar-refractivity contribution in [3.8, 4) is 0 Å². The van der Waals surface area contributed by atoms with Crippen molar-refractivity contribution < 1.29 is 14.4 Å². The largest absolute Gasteiger partial charge is 0.337 e. The van der Waals surface area contributed by atoms with Crippen LogP contribution in [0.2, 0.25) is 5.02 Å². The van der Waals surface area contributed by atoms with E-state index in [0.29, 0.717) is 56.0 Å². The molecule has 2 aromatic heterocycles. The molecule has 3 heterocycles. The summed E-state index contributed by atoms with van der Waals surface area (Å²) < 4.78 is 2.56. The van der Waals surface area contributed by atoms with Crippen molar-refractivity contribution in [2.75, 3.05) is 44.4 Å². The van der Waals surface area contributed by atoms with Gasteiger partial charge in [0.05, 0.1) is 36.4 Å². The highest BCUT2D eigenvalue weighted by atomic mass is 79.9. The van der Waals surface area contributed by atoms with Crippen molar-refractivity contribution in [2.45, 2.75) is 25.3 Å². The van der Waals surface area contributed by atoms with Crippen LogP contribution in [0.1, 0.15) is 35.0 Å². The smallest absolute Gasteiger partial charge is 0.268 e. The third kappa shape index (κ3) is 6.96. The van der Waals surface area contributed by atoms with Gasteiger partial charge in [0, 0.05) is 25.7 Å². The van der Waals surface area contributed by atoms with Crippen molar-refractivity contribution in [3.05, 3.63) is 62.8 Å². The van der Waals surface area contributed by atoms with Crippen molar-refractivity contribution >= 4 is 79.3 Å². The maximum Gasteiger partial charge on any atom is 0.268 e. The Morgan fingerprint density at radius 3 is 2.82 bits per heavy atom. The number of aromatic nitrogens is 2. The number of likely N-dealkylation sites (N-methyl/N-ethyl adjacent to an activating group) is 1. The SMILES string of the molecule is C=CC(=O)Nc1cc(C(=O)Nc2nc3cccc(Cl)c3n2[C@@H]2CCCCN(C(=O)/C=C/CN(C)C)C2)sc1Br. The van der Waals surface area contributed by atoms with Gasteiger partial charge >= 0.3 is 0 Å². The molecule has 0 spiro atoms. The Labute approximate surface area is 244 Å². The number of likely N-dealkylation sites (tertiary alicyclic amines) is 1. The van der Waals surface area contributed by atoms with Crippen LogP contribution < -0.4 is 10.6 Å². The number of benzene rings is 1. The van der Waals surface area contributed by atoms with E-state index in [1.165, 1.54) is 11.3 Å². The number of anilines is 2. The molecule has 1 saturated heterocycles. The molecule has 1 aliphatic heterocycles. The van der Waals surface area contributed by atoms with E-state index in [4.69, 9.17) is 16.6 Å². The summed E-state index contributed by atoms with van der Waals surface area (Å²) in [6.45, 7) is 5.26. The number of carbonyl (C=O) groups is 3. The van der Waals surface area contributed by atoms with Gasteiger partial charge in [0.1, 0.15) is 0 Å². The summed E-state index contributed by atoms with van der Waals surface area (Å²) in [6.07, 6.45) is 7.25. The number of hydrogen-bond acceptors (Lipinski definition) is 6. The predicted molar refractivity (Wildman–Crippen MR) is 161 cm³/mol. The number of halogens is 2. The maximum absolute atomic E-state index is 13.3. The number of hydrogen-bond donors (Lipinski definition) is 2. The standard InChI is InChI=1S/C27H30BrClN6O3S/c1-4-22(36)30-20-15-21(39-25(20)28)26(38)32-27-31-19-11-7-10-18(29)24(19)35(27)17-9-5-6-14-34(16-17)23(37)12-8-13-33(2)3/h4,7-8,10-12,15,17H,1,5-6,9,13-14,16H2,2-3H3,(H,30,36)(H,31,32,38)/b12-8+/t17-/m1/s1. The van der Waals surface area contributed by atoms with E-state index in [9.17, 15) is 14.4 Å². The summed E-state index contributed by atoms with van der Waals surface area (Å²) in [7, 11) is 3.90. The van der Waals surface area contributed by atoms with Crippen LogP contribution in [0.15, 0.2) is 52.9 Å². The van der Waals surface area contributed by atoms with Gasteiger partial charge in [-0.2, -0.15) is 0 Å². The minimum absolute atomic E-state index is 0.0395. The van der Waals surface area contributed by atoms with E-state index in [2.05, 4.69) is 33.1 Å². The van der Waals surface area contributed by atoms with Crippen LogP contribution in [0.3, 0.4) is 0 Å². The van der Waals surface area contributed by atoms with Gasteiger partial charge in [-0.1, -0.05) is 30.3 Å². The van der Waals surface area contributed by atoms with Crippen LogP contribution >= 0.6 is 38.9 Å². The highest BCUT2D eigenvalue weighted by Crippen LogP contribution is 2.36. The Kier molecular flexibility index (Phi) is 9.60. The van der Waals surface area contributed by atoms with E-state index >= 15 is 0 Å².